The largest absolute Gasteiger partial charge is 0.480 e. The summed E-state index contributed by atoms with van der Waals surface area (Å²) in [7, 11) is 0. The minimum absolute atomic E-state index is 0.189. The van der Waals surface area contributed by atoms with Gasteiger partial charge in [0.1, 0.15) is 6.04 Å². The molecule has 274 valence electrons. The summed E-state index contributed by atoms with van der Waals surface area (Å²) in [5, 5.41) is 18.2. The van der Waals surface area contributed by atoms with Crippen molar-refractivity contribution in [3.63, 3.8) is 0 Å². The molecule has 0 saturated heterocycles. The molecular weight excluding hydrogens is 653 g/mol. The molecule has 3 N–H and O–H groups in total. The van der Waals surface area contributed by atoms with Gasteiger partial charge in [0, 0.05) is 69.7 Å². The molecule has 2 aliphatic heterocycles. The highest BCUT2D eigenvalue weighted by molar-refractivity contribution is 5.75. The van der Waals surface area contributed by atoms with Crippen LogP contribution in [0.15, 0.2) is 97.1 Å². The average molecular weight is 707 g/mol. The maximum absolute atomic E-state index is 12.5. The summed E-state index contributed by atoms with van der Waals surface area (Å²) in [6, 6.07) is 36.5. The molecule has 1 unspecified atom stereocenters. The number of nitrogens with one attached hydrogen (secondary N) is 2. The van der Waals surface area contributed by atoms with Gasteiger partial charge >= 0.3 is 5.97 Å². The van der Waals surface area contributed by atoms with Crippen molar-refractivity contribution >= 4 is 5.97 Å². The van der Waals surface area contributed by atoms with Gasteiger partial charge in [-0.05, 0) is 113 Å². The third-order valence-electron chi connectivity index (χ3n) is 13.9. The van der Waals surface area contributed by atoms with E-state index in [0.29, 0.717) is 42.3 Å². The van der Waals surface area contributed by atoms with Gasteiger partial charge in [-0.3, -0.25) is 14.6 Å². The minimum Gasteiger partial charge on any atom is -0.480 e. The van der Waals surface area contributed by atoms with Crippen LogP contribution in [-0.2, 0) is 30.7 Å². The molecule has 4 saturated carbocycles. The summed E-state index contributed by atoms with van der Waals surface area (Å²) >= 11 is 0. The van der Waals surface area contributed by atoms with Crippen molar-refractivity contribution in [1.82, 2.24) is 20.4 Å². The number of carboxylic acids is 1. The van der Waals surface area contributed by atoms with E-state index in [2.05, 4.69) is 117 Å². The molecule has 0 spiro atoms. The van der Waals surface area contributed by atoms with Crippen molar-refractivity contribution in [2.24, 2.45) is 10.8 Å². The maximum atomic E-state index is 12.5. The van der Waals surface area contributed by atoms with Crippen molar-refractivity contribution in [3.8, 4) is 11.1 Å². The summed E-state index contributed by atoms with van der Waals surface area (Å²) < 4.78 is 0. The summed E-state index contributed by atoms with van der Waals surface area (Å²) in [6.07, 6.45) is 9.23. The molecular formula is C47H54N4O2. The van der Waals surface area contributed by atoms with E-state index in [9.17, 15) is 9.90 Å². The lowest BCUT2D eigenvalue weighted by Crippen LogP contribution is -2.49. The molecule has 4 fully saturated rings. The maximum Gasteiger partial charge on any atom is 0.321 e. The first-order chi connectivity index (χ1) is 25.9. The van der Waals surface area contributed by atoms with Crippen LogP contribution in [0.4, 0.5) is 0 Å². The van der Waals surface area contributed by atoms with Crippen LogP contribution in [0.25, 0.3) is 11.1 Å². The Morgan fingerprint density at radius 2 is 1.32 bits per heavy atom. The fourth-order valence-electron chi connectivity index (χ4n) is 9.88. The first-order valence-electron chi connectivity index (χ1n) is 20.4. The Labute approximate surface area is 315 Å². The number of fused-ring (bicyclic) bond motifs is 2. The lowest BCUT2D eigenvalue weighted by molar-refractivity contribution is -0.144. The fraction of sp³-hybridized carbons (Fsp3) is 0.468. The molecule has 2 heterocycles. The van der Waals surface area contributed by atoms with Gasteiger partial charge in [0.15, 0.2) is 0 Å². The number of nitrogens with zero attached hydrogens (tertiary/aromatic N) is 2. The smallest absolute Gasteiger partial charge is 0.321 e. The fourth-order valence-corrected chi connectivity index (χ4v) is 9.88. The number of benzene rings is 4. The van der Waals surface area contributed by atoms with Gasteiger partial charge in [-0.15, -0.1) is 0 Å². The van der Waals surface area contributed by atoms with Gasteiger partial charge in [0.2, 0.25) is 0 Å². The number of hydrogen-bond donors (Lipinski definition) is 3. The summed E-state index contributed by atoms with van der Waals surface area (Å²) in [6.45, 7) is 7.18. The molecule has 6 nitrogen and oxygen atoms in total. The normalized spacial score (nSPS) is 27.7. The van der Waals surface area contributed by atoms with Gasteiger partial charge in [-0.25, -0.2) is 0 Å². The molecule has 10 rings (SSSR count). The van der Waals surface area contributed by atoms with E-state index in [4.69, 9.17) is 0 Å². The molecule has 0 bridgehead atoms. The van der Waals surface area contributed by atoms with Crippen LogP contribution in [0.1, 0.15) is 83.7 Å². The first kappa shape index (κ1) is 33.7. The minimum atomic E-state index is -0.694. The molecule has 6 aliphatic rings. The van der Waals surface area contributed by atoms with Crippen LogP contribution < -0.4 is 10.6 Å². The number of rotatable bonds is 14. The predicted molar refractivity (Wildman–Crippen MR) is 211 cm³/mol. The van der Waals surface area contributed by atoms with Crippen LogP contribution in [-0.4, -0.2) is 71.7 Å². The molecule has 0 radical (unpaired) electrons. The molecule has 0 amide bonds. The van der Waals surface area contributed by atoms with Crippen molar-refractivity contribution in [1.29, 1.82) is 0 Å². The lowest BCUT2D eigenvalue weighted by Gasteiger charge is -2.37. The van der Waals surface area contributed by atoms with Crippen molar-refractivity contribution in [2.45, 2.75) is 94.4 Å². The topological polar surface area (TPSA) is 67.8 Å². The van der Waals surface area contributed by atoms with Crippen molar-refractivity contribution < 1.29 is 9.90 Å². The third kappa shape index (κ3) is 7.24. The molecule has 5 atom stereocenters. The van der Waals surface area contributed by atoms with E-state index in [1.807, 2.05) is 0 Å². The standard InChI is InChI=1S/C47H54N4O2/c52-45(53)44-23-36-14-13-35(22-39(36)27-51(44)31-47(18-19-47)29-49-42-24-40(42)33-8-2-1-3-9-33)34-11-6-12-37(21-34)41-25-43(41)48-28-46(16-17-46)30-50-20-15-32-7-4-5-10-38(32)26-50/h1-14,21-22,40-44,48-49H,15-20,23-31H2,(H,52,53)/t40-,41?,42+,43+,44-/m1/s1. The number of aliphatic carboxylic acids is 1. The average Bonchev–Trinajstić information content (AvgIpc) is 3.99. The zero-order valence-electron chi connectivity index (χ0n) is 31.0. The Kier molecular flexibility index (Phi) is 8.59. The van der Waals surface area contributed by atoms with E-state index in [1.54, 1.807) is 0 Å². The van der Waals surface area contributed by atoms with Crippen LogP contribution in [0.3, 0.4) is 0 Å². The highest BCUT2D eigenvalue weighted by Crippen LogP contribution is 2.50. The van der Waals surface area contributed by atoms with E-state index in [-0.39, 0.29) is 5.41 Å². The van der Waals surface area contributed by atoms with Crippen molar-refractivity contribution in [2.75, 3.05) is 32.7 Å². The zero-order valence-corrected chi connectivity index (χ0v) is 31.0. The van der Waals surface area contributed by atoms with E-state index in [0.717, 1.165) is 26.2 Å². The number of carbonyl (C=O) groups is 1. The predicted octanol–water partition coefficient (Wildman–Crippen LogP) is 7.37. The highest BCUT2D eigenvalue weighted by Gasteiger charge is 2.49. The molecule has 4 aromatic carbocycles. The lowest BCUT2D eigenvalue weighted by atomic mass is 9.89. The van der Waals surface area contributed by atoms with E-state index < -0.39 is 12.0 Å². The van der Waals surface area contributed by atoms with Crippen LogP contribution in [0, 0.1) is 10.8 Å². The van der Waals surface area contributed by atoms with Gasteiger partial charge in [0.05, 0.1) is 0 Å². The quantitative estimate of drug-likeness (QED) is 0.127. The summed E-state index contributed by atoms with van der Waals surface area (Å²) in [5.41, 5.74) is 11.6. The van der Waals surface area contributed by atoms with Gasteiger partial charge in [-0.1, -0.05) is 91.0 Å². The summed E-state index contributed by atoms with van der Waals surface area (Å²) in [5.74, 6) is 0.502. The van der Waals surface area contributed by atoms with E-state index >= 15 is 0 Å². The van der Waals surface area contributed by atoms with Crippen LogP contribution >= 0.6 is 0 Å². The first-order valence-corrected chi connectivity index (χ1v) is 20.4. The second kappa shape index (κ2) is 13.5. The second-order valence-electron chi connectivity index (χ2n) is 17.9. The van der Waals surface area contributed by atoms with Gasteiger partial charge in [0.25, 0.3) is 0 Å². The molecule has 53 heavy (non-hydrogen) atoms. The third-order valence-corrected chi connectivity index (χ3v) is 13.9. The van der Waals surface area contributed by atoms with Gasteiger partial charge in [-0.2, -0.15) is 0 Å². The highest BCUT2D eigenvalue weighted by atomic mass is 16.4. The SMILES string of the molecule is O=C(O)[C@H]1Cc2ccc(-c3cccc(C4C[C@@H]4NCC4(CN5CCc6ccccc6C5)CC4)c3)cc2CN1CC1(CN[C@H]2C[C@@H]2c2ccccc2)CC1. The molecule has 4 aromatic rings. The Hall–Kier alpha value is -3.81. The van der Waals surface area contributed by atoms with Gasteiger partial charge < -0.3 is 15.7 Å². The van der Waals surface area contributed by atoms with Crippen LogP contribution in [0.5, 0.6) is 0 Å². The summed E-state index contributed by atoms with van der Waals surface area (Å²) in [4.78, 5) is 17.5. The number of carboxylic acid groups (broad SMARTS) is 1. The number of hydrogen-bond acceptors (Lipinski definition) is 5. The molecule has 0 aromatic heterocycles. The van der Waals surface area contributed by atoms with Crippen molar-refractivity contribution in [3.05, 3.63) is 130 Å². The Balaban J connectivity index is 0.758. The molecule has 6 heteroatoms. The Bertz CT molecular complexity index is 1990. The monoisotopic (exact) mass is 706 g/mol. The van der Waals surface area contributed by atoms with E-state index in [1.165, 1.54) is 103 Å². The molecule has 4 aliphatic carbocycles. The second-order valence-corrected chi connectivity index (χ2v) is 17.9. The zero-order chi connectivity index (χ0) is 35.6. The van der Waals surface area contributed by atoms with Crippen LogP contribution in [0.2, 0.25) is 0 Å². The Morgan fingerprint density at radius 3 is 2.06 bits per heavy atom. The Morgan fingerprint density at radius 1 is 0.660 bits per heavy atom.